The van der Waals surface area contributed by atoms with Crippen LogP contribution in [0.15, 0.2) is 6.07 Å². The third-order valence-corrected chi connectivity index (χ3v) is 4.06. The number of thiophene rings is 1. The maximum Gasteiger partial charge on any atom is 0.0545 e. The number of hydrogen-bond donors (Lipinski definition) is 1. The van der Waals surface area contributed by atoms with E-state index >= 15 is 0 Å². The Morgan fingerprint density at radius 3 is 3.00 bits per heavy atom. The first kappa shape index (κ1) is 8.54. The Morgan fingerprint density at radius 2 is 2.50 bits per heavy atom. The molecule has 0 saturated carbocycles. The van der Waals surface area contributed by atoms with Crippen molar-refractivity contribution in [3.63, 3.8) is 0 Å². The molecule has 2 heterocycles. The van der Waals surface area contributed by atoms with Gasteiger partial charge in [-0.2, -0.15) is 0 Å². The van der Waals surface area contributed by atoms with Gasteiger partial charge in [-0.15, -0.1) is 11.3 Å². The van der Waals surface area contributed by atoms with E-state index in [1.165, 1.54) is 16.2 Å². The highest BCUT2D eigenvalue weighted by atomic mass is 35.5. The van der Waals surface area contributed by atoms with E-state index in [0.29, 0.717) is 5.92 Å². The van der Waals surface area contributed by atoms with Gasteiger partial charge in [0.2, 0.25) is 0 Å². The average Bonchev–Trinajstić information content (AvgIpc) is 2.61. The standard InChI is InChI=1S/C9H12ClNS/c1-6-8(10)4-9(12-6)7-2-3-11-5-7/h4,7,11H,2-3,5H2,1H3. The van der Waals surface area contributed by atoms with E-state index in [1.54, 1.807) is 0 Å². The summed E-state index contributed by atoms with van der Waals surface area (Å²) < 4.78 is 0. The molecule has 0 aliphatic carbocycles. The second-order valence-electron chi connectivity index (χ2n) is 3.24. The van der Waals surface area contributed by atoms with Gasteiger partial charge in [-0.05, 0) is 26.0 Å². The Balaban J connectivity index is 2.21. The minimum atomic E-state index is 0.709. The molecular formula is C9H12ClNS. The van der Waals surface area contributed by atoms with Crippen molar-refractivity contribution in [1.82, 2.24) is 5.32 Å². The van der Waals surface area contributed by atoms with Crippen molar-refractivity contribution < 1.29 is 0 Å². The highest BCUT2D eigenvalue weighted by Gasteiger charge is 2.18. The van der Waals surface area contributed by atoms with Gasteiger partial charge in [-0.3, -0.25) is 0 Å². The topological polar surface area (TPSA) is 12.0 Å². The van der Waals surface area contributed by atoms with Gasteiger partial charge in [-0.25, -0.2) is 0 Å². The molecule has 1 nitrogen and oxygen atoms in total. The molecule has 1 saturated heterocycles. The quantitative estimate of drug-likeness (QED) is 0.737. The van der Waals surface area contributed by atoms with Crippen molar-refractivity contribution in [3.8, 4) is 0 Å². The van der Waals surface area contributed by atoms with Crippen LogP contribution in [0.5, 0.6) is 0 Å². The Labute approximate surface area is 81.7 Å². The predicted octanol–water partition coefficient (Wildman–Crippen LogP) is 2.79. The van der Waals surface area contributed by atoms with E-state index in [9.17, 15) is 0 Å². The van der Waals surface area contributed by atoms with E-state index < -0.39 is 0 Å². The van der Waals surface area contributed by atoms with Crippen molar-refractivity contribution in [2.45, 2.75) is 19.3 Å². The van der Waals surface area contributed by atoms with Crippen LogP contribution < -0.4 is 5.32 Å². The van der Waals surface area contributed by atoms with Crippen LogP contribution in [0, 0.1) is 6.92 Å². The molecule has 0 bridgehead atoms. The summed E-state index contributed by atoms with van der Waals surface area (Å²) in [7, 11) is 0. The summed E-state index contributed by atoms with van der Waals surface area (Å²) in [5, 5.41) is 4.30. The molecule has 1 N–H and O–H groups in total. The summed E-state index contributed by atoms with van der Waals surface area (Å²) in [4.78, 5) is 2.70. The maximum atomic E-state index is 6.00. The van der Waals surface area contributed by atoms with Gasteiger partial charge in [0, 0.05) is 22.2 Å². The summed E-state index contributed by atoms with van der Waals surface area (Å²) in [5.41, 5.74) is 0. The first-order chi connectivity index (χ1) is 5.77. The molecule has 1 aliphatic heterocycles. The highest BCUT2D eigenvalue weighted by molar-refractivity contribution is 7.12. The fourth-order valence-electron chi connectivity index (χ4n) is 1.58. The molecule has 0 spiro atoms. The summed E-state index contributed by atoms with van der Waals surface area (Å²) in [6, 6.07) is 2.12. The molecule has 12 heavy (non-hydrogen) atoms. The summed E-state index contributed by atoms with van der Waals surface area (Å²) in [5.74, 6) is 0.709. The minimum Gasteiger partial charge on any atom is -0.316 e. The third-order valence-electron chi connectivity index (χ3n) is 2.34. The van der Waals surface area contributed by atoms with Crippen LogP contribution in [-0.4, -0.2) is 13.1 Å². The van der Waals surface area contributed by atoms with Crippen LogP contribution in [0.3, 0.4) is 0 Å². The maximum absolute atomic E-state index is 6.00. The Bertz CT molecular complexity index is 257. The lowest BCUT2D eigenvalue weighted by Gasteiger charge is -2.02. The lowest BCUT2D eigenvalue weighted by molar-refractivity contribution is 0.779. The van der Waals surface area contributed by atoms with Crippen LogP contribution >= 0.6 is 22.9 Å². The lowest BCUT2D eigenvalue weighted by Crippen LogP contribution is -2.07. The molecule has 0 radical (unpaired) electrons. The van der Waals surface area contributed by atoms with Crippen LogP contribution in [-0.2, 0) is 0 Å². The molecular weight excluding hydrogens is 190 g/mol. The number of hydrogen-bond acceptors (Lipinski definition) is 2. The van der Waals surface area contributed by atoms with E-state index in [-0.39, 0.29) is 0 Å². The molecule has 3 heteroatoms. The van der Waals surface area contributed by atoms with Gasteiger partial charge >= 0.3 is 0 Å². The van der Waals surface area contributed by atoms with Crippen molar-refractivity contribution in [2.24, 2.45) is 0 Å². The van der Waals surface area contributed by atoms with Gasteiger partial charge in [0.15, 0.2) is 0 Å². The number of halogens is 1. The van der Waals surface area contributed by atoms with Crippen LogP contribution in [0.2, 0.25) is 5.02 Å². The molecule has 1 aromatic rings. The van der Waals surface area contributed by atoms with Gasteiger partial charge in [0.25, 0.3) is 0 Å². The van der Waals surface area contributed by atoms with Crippen LogP contribution in [0.25, 0.3) is 0 Å². The van der Waals surface area contributed by atoms with Crippen molar-refractivity contribution >= 4 is 22.9 Å². The Morgan fingerprint density at radius 1 is 1.67 bits per heavy atom. The molecule has 1 atom stereocenters. The average molecular weight is 202 g/mol. The molecule has 66 valence electrons. The highest BCUT2D eigenvalue weighted by Crippen LogP contribution is 2.33. The number of rotatable bonds is 1. The van der Waals surface area contributed by atoms with Gasteiger partial charge < -0.3 is 5.32 Å². The molecule has 1 fully saturated rings. The zero-order chi connectivity index (χ0) is 8.55. The molecule has 0 aromatic carbocycles. The van der Waals surface area contributed by atoms with E-state index in [0.717, 1.165) is 18.1 Å². The first-order valence-corrected chi connectivity index (χ1v) is 5.43. The van der Waals surface area contributed by atoms with Gasteiger partial charge in [-0.1, -0.05) is 11.6 Å². The zero-order valence-electron chi connectivity index (χ0n) is 7.06. The monoisotopic (exact) mass is 201 g/mol. The molecule has 1 aliphatic rings. The third kappa shape index (κ3) is 1.51. The predicted molar refractivity (Wildman–Crippen MR) is 54.3 cm³/mol. The van der Waals surface area contributed by atoms with E-state index in [1.807, 2.05) is 11.3 Å². The normalized spacial score (nSPS) is 23.3. The zero-order valence-corrected chi connectivity index (χ0v) is 8.63. The molecule has 1 unspecified atom stereocenters. The van der Waals surface area contributed by atoms with Crippen molar-refractivity contribution in [1.29, 1.82) is 0 Å². The second kappa shape index (κ2) is 3.36. The lowest BCUT2D eigenvalue weighted by atomic mass is 10.1. The first-order valence-electron chi connectivity index (χ1n) is 4.24. The van der Waals surface area contributed by atoms with Crippen LogP contribution in [0.1, 0.15) is 22.1 Å². The fourth-order valence-corrected chi connectivity index (χ4v) is 2.93. The summed E-state index contributed by atoms with van der Waals surface area (Å²) >= 11 is 7.84. The minimum absolute atomic E-state index is 0.709. The van der Waals surface area contributed by atoms with Gasteiger partial charge in [0.05, 0.1) is 5.02 Å². The summed E-state index contributed by atoms with van der Waals surface area (Å²) in [6.07, 6.45) is 1.26. The summed E-state index contributed by atoms with van der Waals surface area (Å²) in [6.45, 7) is 4.36. The Hall–Kier alpha value is -0.0500. The van der Waals surface area contributed by atoms with Crippen molar-refractivity contribution in [3.05, 3.63) is 20.8 Å². The number of nitrogens with one attached hydrogen (secondary N) is 1. The molecule has 1 aromatic heterocycles. The van der Waals surface area contributed by atoms with E-state index in [2.05, 4.69) is 18.3 Å². The molecule has 2 rings (SSSR count). The van der Waals surface area contributed by atoms with Crippen LogP contribution in [0.4, 0.5) is 0 Å². The number of aryl methyl sites for hydroxylation is 1. The Kier molecular flexibility index (Phi) is 2.40. The fraction of sp³-hybridized carbons (Fsp3) is 0.556. The largest absolute Gasteiger partial charge is 0.316 e. The molecule has 0 amide bonds. The van der Waals surface area contributed by atoms with E-state index in [4.69, 9.17) is 11.6 Å². The van der Waals surface area contributed by atoms with Gasteiger partial charge in [0.1, 0.15) is 0 Å². The second-order valence-corrected chi connectivity index (χ2v) is 4.94. The van der Waals surface area contributed by atoms with Crippen molar-refractivity contribution in [2.75, 3.05) is 13.1 Å². The smallest absolute Gasteiger partial charge is 0.0545 e. The SMILES string of the molecule is Cc1sc(C2CCNC2)cc1Cl.